The van der Waals surface area contributed by atoms with Crippen molar-refractivity contribution in [3.8, 4) is 0 Å². The summed E-state index contributed by atoms with van der Waals surface area (Å²) in [5.41, 5.74) is -0.398. The van der Waals surface area contributed by atoms with Crippen LogP contribution in [0.3, 0.4) is 0 Å². The van der Waals surface area contributed by atoms with Crippen LogP contribution in [0.5, 0.6) is 0 Å². The maximum absolute atomic E-state index is 14.0. The first-order valence-corrected chi connectivity index (χ1v) is 13.0. The zero-order chi connectivity index (χ0) is 23.8. The fourth-order valence-corrected chi connectivity index (χ4v) is 7.66. The lowest BCUT2D eigenvalue weighted by Crippen LogP contribution is -2.57. The summed E-state index contributed by atoms with van der Waals surface area (Å²) in [6.07, 6.45) is 12.1. The maximum atomic E-state index is 14.0. The van der Waals surface area contributed by atoms with Crippen molar-refractivity contribution in [3.63, 3.8) is 0 Å². The van der Waals surface area contributed by atoms with Gasteiger partial charge in [0.05, 0.1) is 23.2 Å². The minimum atomic E-state index is -0.805. The molecule has 0 aliphatic carbocycles. The number of allylic oxidation sites excluding steroid dienone is 1. The van der Waals surface area contributed by atoms with Crippen LogP contribution in [0, 0.1) is 11.8 Å². The van der Waals surface area contributed by atoms with E-state index in [9.17, 15) is 19.5 Å². The Hall–Kier alpha value is -1.80. The van der Waals surface area contributed by atoms with E-state index in [2.05, 4.69) is 12.2 Å². The number of fused-ring (bicyclic) bond motifs is 2. The molecule has 4 aliphatic heterocycles. The first kappa shape index (κ1) is 24.3. The third-order valence-corrected chi connectivity index (χ3v) is 8.96. The molecule has 182 valence electrons. The molecule has 2 amide bonds. The Labute approximate surface area is 200 Å². The molecule has 5 atom stereocenters. The van der Waals surface area contributed by atoms with Crippen molar-refractivity contribution in [3.05, 3.63) is 24.3 Å². The van der Waals surface area contributed by atoms with Crippen molar-refractivity contribution < 1.29 is 24.2 Å². The Morgan fingerprint density at radius 1 is 1.15 bits per heavy atom. The van der Waals surface area contributed by atoms with Gasteiger partial charge >= 0.3 is 5.97 Å². The number of thioether (sulfide) groups is 1. The van der Waals surface area contributed by atoms with Crippen LogP contribution in [0.1, 0.15) is 52.9 Å². The molecule has 0 saturated carbocycles. The van der Waals surface area contributed by atoms with E-state index in [-0.39, 0.29) is 29.6 Å². The smallest absolute Gasteiger partial charge is 0.311 e. The molecule has 0 aromatic carbocycles. The molecule has 7 nitrogen and oxygen atoms in total. The van der Waals surface area contributed by atoms with Gasteiger partial charge in [0.15, 0.2) is 0 Å². The number of cyclic esters (lactones) is 1. The molecule has 0 aromatic heterocycles. The average Bonchev–Trinajstić information content (AvgIpc) is 3.12. The van der Waals surface area contributed by atoms with E-state index in [0.717, 1.165) is 19.3 Å². The quantitative estimate of drug-likeness (QED) is 0.381. The molecule has 33 heavy (non-hydrogen) atoms. The average molecular weight is 477 g/mol. The SMILES string of the molecule is CC(C)(C)N1CC=C[C@]23S[C@@H]4/C=C\CCCCOC(=O)[C@@H]4[C@H]2C(=O)N(CCCCO)C3C1=O. The number of amides is 2. The molecule has 0 radical (unpaired) electrons. The Kier molecular flexibility index (Phi) is 6.97. The van der Waals surface area contributed by atoms with Crippen LogP contribution in [-0.2, 0) is 19.1 Å². The molecule has 0 aromatic rings. The van der Waals surface area contributed by atoms with Crippen molar-refractivity contribution in [2.24, 2.45) is 11.8 Å². The molecular weight excluding hydrogens is 440 g/mol. The van der Waals surface area contributed by atoms with Gasteiger partial charge in [-0.1, -0.05) is 24.3 Å². The number of aliphatic hydroxyl groups excluding tert-OH is 1. The van der Waals surface area contributed by atoms with E-state index in [0.29, 0.717) is 32.5 Å². The largest absolute Gasteiger partial charge is 0.465 e. The number of hydrogen-bond acceptors (Lipinski definition) is 6. The van der Waals surface area contributed by atoms with Crippen LogP contribution in [0.15, 0.2) is 24.3 Å². The zero-order valence-electron chi connectivity index (χ0n) is 19.9. The van der Waals surface area contributed by atoms with Crippen molar-refractivity contribution in [1.82, 2.24) is 9.80 Å². The fourth-order valence-electron chi connectivity index (χ4n) is 5.65. The maximum Gasteiger partial charge on any atom is 0.311 e. The number of hydrogen-bond donors (Lipinski definition) is 1. The van der Waals surface area contributed by atoms with Gasteiger partial charge in [-0.25, -0.2) is 0 Å². The van der Waals surface area contributed by atoms with Crippen LogP contribution < -0.4 is 0 Å². The molecule has 0 bridgehead atoms. The molecule has 4 aliphatic rings. The van der Waals surface area contributed by atoms with Gasteiger partial charge in [-0.2, -0.15) is 0 Å². The minimum Gasteiger partial charge on any atom is -0.465 e. The number of unbranched alkanes of at least 4 members (excludes halogenated alkanes) is 1. The minimum absolute atomic E-state index is 0.0415. The third kappa shape index (κ3) is 4.25. The highest BCUT2D eigenvalue weighted by molar-refractivity contribution is 8.02. The Bertz CT molecular complexity index is 850. The predicted molar refractivity (Wildman–Crippen MR) is 127 cm³/mol. The van der Waals surface area contributed by atoms with Crippen molar-refractivity contribution in [2.75, 3.05) is 26.3 Å². The summed E-state index contributed by atoms with van der Waals surface area (Å²) in [6.45, 7) is 7.29. The first-order valence-electron chi connectivity index (χ1n) is 12.1. The van der Waals surface area contributed by atoms with E-state index < -0.39 is 28.2 Å². The molecule has 2 fully saturated rings. The van der Waals surface area contributed by atoms with Crippen molar-refractivity contribution in [2.45, 2.75) is 74.5 Å². The van der Waals surface area contributed by atoms with Gasteiger partial charge < -0.3 is 19.6 Å². The Morgan fingerprint density at radius 3 is 2.67 bits per heavy atom. The molecule has 1 unspecified atom stereocenters. The van der Waals surface area contributed by atoms with Gasteiger partial charge in [0.1, 0.15) is 6.04 Å². The molecule has 4 heterocycles. The van der Waals surface area contributed by atoms with E-state index >= 15 is 0 Å². The number of ether oxygens (including phenoxy) is 1. The summed E-state index contributed by atoms with van der Waals surface area (Å²) in [7, 11) is 0. The highest BCUT2D eigenvalue weighted by Gasteiger charge is 2.71. The fraction of sp³-hybridized carbons (Fsp3) is 0.720. The van der Waals surface area contributed by atoms with Gasteiger partial charge in [-0.15, -0.1) is 11.8 Å². The molecule has 2 saturated heterocycles. The van der Waals surface area contributed by atoms with Crippen LogP contribution in [0.25, 0.3) is 0 Å². The predicted octanol–water partition coefficient (Wildman–Crippen LogP) is 2.54. The van der Waals surface area contributed by atoms with Gasteiger partial charge in [-0.05, 0) is 52.9 Å². The zero-order valence-corrected chi connectivity index (χ0v) is 20.7. The molecular formula is C25H36N2O5S. The standard InChI is InChI=1S/C25H36N2O5S/c1-24(2,3)27-14-10-12-25-19(21(29)26(13-7-8-15-28)20(25)22(27)30)18-17(33-25)11-6-4-5-9-16-32-23(18)31/h6,10-12,17-20,28H,4-5,7-9,13-16H2,1-3H3/b11-6-/t17-,18+,19+,20?,25+/m1/s1. The number of esters is 1. The Balaban J connectivity index is 1.79. The molecule has 1 spiro atoms. The number of aliphatic hydroxyl groups is 1. The highest BCUT2D eigenvalue weighted by atomic mass is 32.2. The number of rotatable bonds is 4. The number of carbonyl (C=O) groups is 3. The second-order valence-corrected chi connectivity index (χ2v) is 11.9. The van der Waals surface area contributed by atoms with Crippen LogP contribution in [0.2, 0.25) is 0 Å². The second-order valence-electron chi connectivity index (χ2n) is 10.4. The van der Waals surface area contributed by atoms with Crippen LogP contribution in [0.4, 0.5) is 0 Å². The lowest BCUT2D eigenvalue weighted by atomic mass is 9.78. The highest BCUT2D eigenvalue weighted by Crippen LogP contribution is 2.60. The lowest BCUT2D eigenvalue weighted by Gasteiger charge is -2.40. The topological polar surface area (TPSA) is 87.2 Å². The first-order chi connectivity index (χ1) is 15.7. The third-order valence-electron chi connectivity index (χ3n) is 7.22. The van der Waals surface area contributed by atoms with Crippen molar-refractivity contribution >= 4 is 29.5 Å². The summed E-state index contributed by atoms with van der Waals surface area (Å²) < 4.78 is 4.82. The van der Waals surface area contributed by atoms with Gasteiger partial charge in [0.25, 0.3) is 0 Å². The molecule has 4 rings (SSSR count). The van der Waals surface area contributed by atoms with E-state index in [1.165, 1.54) is 0 Å². The normalized spacial score (nSPS) is 35.6. The van der Waals surface area contributed by atoms with Crippen LogP contribution in [-0.4, -0.2) is 80.6 Å². The summed E-state index contributed by atoms with van der Waals surface area (Å²) in [6, 6.07) is -0.671. The summed E-state index contributed by atoms with van der Waals surface area (Å²) >= 11 is 1.58. The summed E-state index contributed by atoms with van der Waals surface area (Å²) in [5.74, 6) is -1.79. The molecule has 8 heteroatoms. The summed E-state index contributed by atoms with van der Waals surface area (Å²) in [5, 5.41) is 9.07. The number of nitrogens with zero attached hydrogens (tertiary/aromatic N) is 2. The van der Waals surface area contributed by atoms with Crippen molar-refractivity contribution in [1.29, 1.82) is 0 Å². The number of likely N-dealkylation sites (tertiary alicyclic amines) is 1. The summed E-state index contributed by atoms with van der Waals surface area (Å²) in [4.78, 5) is 44.7. The lowest BCUT2D eigenvalue weighted by molar-refractivity contribution is -0.153. The molecule has 1 N–H and O–H groups in total. The number of carbonyl (C=O) groups excluding carboxylic acids is 3. The monoisotopic (exact) mass is 476 g/mol. The van der Waals surface area contributed by atoms with Crippen LogP contribution >= 0.6 is 11.8 Å². The second kappa shape index (κ2) is 9.45. The van der Waals surface area contributed by atoms with E-state index in [1.54, 1.807) is 16.7 Å². The van der Waals surface area contributed by atoms with Gasteiger partial charge in [0.2, 0.25) is 11.8 Å². The van der Waals surface area contributed by atoms with E-state index in [4.69, 9.17) is 4.74 Å². The van der Waals surface area contributed by atoms with Gasteiger partial charge in [0, 0.05) is 30.5 Å². The Morgan fingerprint density at radius 2 is 1.94 bits per heavy atom. The van der Waals surface area contributed by atoms with Gasteiger partial charge in [-0.3, -0.25) is 14.4 Å². The van der Waals surface area contributed by atoms with E-state index in [1.807, 2.05) is 37.8 Å².